The van der Waals surface area contributed by atoms with Crippen LogP contribution in [0.15, 0.2) is 66.7 Å². The van der Waals surface area contributed by atoms with E-state index in [1.54, 1.807) is 54.6 Å². The topological polar surface area (TPSA) is 83.1 Å². The number of esters is 1. The number of ether oxygens (including phenoxy) is 4. The van der Waals surface area contributed by atoms with Crippen LogP contribution in [0.25, 0.3) is 0 Å². The first-order chi connectivity index (χ1) is 15.8. The third kappa shape index (κ3) is 5.26. The molecule has 1 N–H and O–H groups in total. The van der Waals surface area contributed by atoms with Crippen LogP contribution in [0.4, 0.5) is 5.69 Å². The summed E-state index contributed by atoms with van der Waals surface area (Å²) < 4.78 is 22.2. The van der Waals surface area contributed by atoms with Crippen LogP contribution in [0.5, 0.6) is 23.0 Å². The summed E-state index contributed by atoms with van der Waals surface area (Å²) in [6.45, 7) is 3.76. The molecule has 0 saturated heterocycles. The maximum absolute atomic E-state index is 12.5. The Hall–Kier alpha value is -4.00. The number of hydrogen-bond acceptors (Lipinski definition) is 6. The Balaban J connectivity index is 1.32. The van der Waals surface area contributed by atoms with Crippen molar-refractivity contribution < 1.29 is 28.5 Å². The van der Waals surface area contributed by atoms with E-state index in [-0.39, 0.29) is 18.1 Å². The van der Waals surface area contributed by atoms with E-state index >= 15 is 0 Å². The van der Waals surface area contributed by atoms with Crippen LogP contribution in [-0.2, 0) is 11.2 Å². The molecule has 0 bridgehead atoms. The molecule has 7 heteroatoms. The van der Waals surface area contributed by atoms with E-state index in [0.717, 1.165) is 12.0 Å². The van der Waals surface area contributed by atoms with E-state index in [4.69, 9.17) is 18.9 Å². The first kappa shape index (κ1) is 22.2. The van der Waals surface area contributed by atoms with Crippen molar-refractivity contribution in [1.29, 1.82) is 0 Å². The number of fused-ring (bicyclic) bond motifs is 1. The zero-order chi connectivity index (χ0) is 23.4. The molecule has 170 valence electrons. The molecule has 0 saturated carbocycles. The molecular weight excluding hydrogens is 422 g/mol. The second-order valence-corrected chi connectivity index (χ2v) is 8.22. The van der Waals surface area contributed by atoms with Gasteiger partial charge in [0, 0.05) is 17.7 Å². The van der Waals surface area contributed by atoms with Crippen LogP contribution < -0.4 is 24.3 Å². The number of methoxy groups -OCH3 is 1. The van der Waals surface area contributed by atoms with Gasteiger partial charge in [-0.05, 0) is 56.3 Å². The number of hydrogen-bond donors (Lipinski definition) is 1. The molecule has 3 aromatic carbocycles. The van der Waals surface area contributed by atoms with Crippen molar-refractivity contribution in [2.45, 2.75) is 25.9 Å². The van der Waals surface area contributed by atoms with Crippen LogP contribution in [0.2, 0.25) is 0 Å². The Bertz CT molecular complexity index is 1170. The first-order valence-corrected chi connectivity index (χ1v) is 10.5. The third-order valence-corrected chi connectivity index (χ3v) is 5.10. The lowest BCUT2D eigenvalue weighted by molar-refractivity contribution is -0.136. The van der Waals surface area contributed by atoms with Gasteiger partial charge >= 0.3 is 5.97 Å². The molecule has 0 aliphatic carbocycles. The molecule has 1 amide bonds. The van der Waals surface area contributed by atoms with Crippen LogP contribution in [-0.4, -0.2) is 31.2 Å². The molecule has 1 heterocycles. The van der Waals surface area contributed by atoms with E-state index in [9.17, 15) is 9.59 Å². The van der Waals surface area contributed by atoms with Gasteiger partial charge in [-0.1, -0.05) is 24.3 Å². The highest BCUT2D eigenvalue weighted by molar-refractivity contribution is 6.06. The number of benzene rings is 3. The number of carbonyl (C=O) groups is 2. The lowest BCUT2D eigenvalue weighted by Crippen LogP contribution is -2.25. The fourth-order valence-corrected chi connectivity index (χ4v) is 3.64. The molecule has 1 aliphatic heterocycles. The molecule has 0 spiro atoms. The van der Waals surface area contributed by atoms with Gasteiger partial charge in [-0.15, -0.1) is 0 Å². The molecule has 0 unspecified atom stereocenters. The van der Waals surface area contributed by atoms with E-state index in [2.05, 4.69) is 5.32 Å². The predicted molar refractivity (Wildman–Crippen MR) is 123 cm³/mol. The molecule has 0 aromatic heterocycles. The summed E-state index contributed by atoms with van der Waals surface area (Å²) in [6.07, 6.45) is 0.782. The summed E-state index contributed by atoms with van der Waals surface area (Å²) in [4.78, 5) is 24.8. The molecule has 0 atom stereocenters. The Morgan fingerprint density at radius 3 is 2.45 bits per heavy atom. The summed E-state index contributed by atoms with van der Waals surface area (Å²) in [5.41, 5.74) is 1.73. The average molecular weight is 447 g/mol. The van der Waals surface area contributed by atoms with Crippen molar-refractivity contribution in [2.75, 3.05) is 19.0 Å². The van der Waals surface area contributed by atoms with Crippen LogP contribution in [0.3, 0.4) is 0 Å². The molecule has 4 rings (SSSR count). The lowest BCUT2D eigenvalue weighted by Gasteiger charge is -2.18. The Morgan fingerprint density at radius 1 is 0.970 bits per heavy atom. The van der Waals surface area contributed by atoms with Gasteiger partial charge in [0.15, 0.2) is 18.1 Å². The van der Waals surface area contributed by atoms with Crippen LogP contribution >= 0.6 is 0 Å². The molecule has 3 aromatic rings. The quantitative estimate of drug-likeness (QED) is 0.420. The van der Waals surface area contributed by atoms with Gasteiger partial charge in [-0.2, -0.15) is 0 Å². The normalized spacial score (nSPS) is 13.4. The van der Waals surface area contributed by atoms with Gasteiger partial charge in [0.05, 0.1) is 12.7 Å². The van der Waals surface area contributed by atoms with E-state index in [1.807, 2.05) is 26.0 Å². The number of carbonyl (C=O) groups excluding carboxylic acids is 2. The number of para-hydroxylation sites is 2. The molecule has 0 radical (unpaired) electrons. The second kappa shape index (κ2) is 9.24. The largest absolute Gasteiger partial charge is 0.496 e. The fraction of sp³-hybridized carbons (Fsp3) is 0.231. The number of rotatable bonds is 7. The highest BCUT2D eigenvalue weighted by Crippen LogP contribution is 2.41. The van der Waals surface area contributed by atoms with Gasteiger partial charge in [-0.3, -0.25) is 4.79 Å². The summed E-state index contributed by atoms with van der Waals surface area (Å²) >= 11 is 0. The summed E-state index contributed by atoms with van der Waals surface area (Å²) in [7, 11) is 1.51. The van der Waals surface area contributed by atoms with Gasteiger partial charge in [0.1, 0.15) is 17.1 Å². The zero-order valence-electron chi connectivity index (χ0n) is 18.7. The minimum atomic E-state index is -0.546. The van der Waals surface area contributed by atoms with Gasteiger partial charge < -0.3 is 24.3 Å². The van der Waals surface area contributed by atoms with Crippen molar-refractivity contribution in [3.05, 3.63) is 77.9 Å². The number of amides is 1. The minimum absolute atomic E-state index is 0.257. The standard InChI is InChI=1S/C26H25NO6/c1-26(2)15-17-7-6-10-22(24(17)33-26)31-16-23(28)32-19-13-11-18(12-14-19)27-25(29)20-8-4-5-9-21(20)30-3/h4-14H,15-16H2,1-3H3,(H,27,29). The lowest BCUT2D eigenvalue weighted by atomic mass is 10.0. The molecular formula is C26H25NO6. The van der Waals surface area contributed by atoms with E-state index < -0.39 is 5.97 Å². The fourth-order valence-electron chi connectivity index (χ4n) is 3.64. The monoisotopic (exact) mass is 447 g/mol. The SMILES string of the molecule is COc1ccccc1C(=O)Nc1ccc(OC(=O)COc2cccc3c2OC(C)(C)C3)cc1. The summed E-state index contributed by atoms with van der Waals surface area (Å²) in [5.74, 6) is 1.17. The van der Waals surface area contributed by atoms with Gasteiger partial charge in [-0.25, -0.2) is 4.79 Å². The van der Waals surface area contributed by atoms with E-state index in [0.29, 0.717) is 34.2 Å². The highest BCUT2D eigenvalue weighted by Gasteiger charge is 2.32. The number of nitrogens with one attached hydrogen (secondary N) is 1. The number of anilines is 1. The van der Waals surface area contributed by atoms with Gasteiger partial charge in [0.2, 0.25) is 0 Å². The molecule has 1 aliphatic rings. The van der Waals surface area contributed by atoms with Gasteiger partial charge in [0.25, 0.3) is 5.91 Å². The maximum atomic E-state index is 12.5. The smallest absolute Gasteiger partial charge is 0.349 e. The summed E-state index contributed by atoms with van der Waals surface area (Å²) in [6, 6.07) is 19.1. The summed E-state index contributed by atoms with van der Waals surface area (Å²) in [5, 5.41) is 2.79. The minimum Gasteiger partial charge on any atom is -0.496 e. The zero-order valence-corrected chi connectivity index (χ0v) is 18.7. The van der Waals surface area contributed by atoms with Crippen molar-refractivity contribution in [1.82, 2.24) is 0 Å². The van der Waals surface area contributed by atoms with Crippen LogP contribution in [0, 0.1) is 0 Å². The molecule has 7 nitrogen and oxygen atoms in total. The highest BCUT2D eigenvalue weighted by atomic mass is 16.6. The van der Waals surface area contributed by atoms with Crippen molar-refractivity contribution in [3.63, 3.8) is 0 Å². The Morgan fingerprint density at radius 2 is 1.70 bits per heavy atom. The third-order valence-electron chi connectivity index (χ3n) is 5.10. The predicted octanol–water partition coefficient (Wildman–Crippen LogP) is 4.65. The van der Waals surface area contributed by atoms with E-state index in [1.165, 1.54) is 7.11 Å². The maximum Gasteiger partial charge on any atom is 0.349 e. The van der Waals surface area contributed by atoms with Crippen LogP contribution in [0.1, 0.15) is 29.8 Å². The van der Waals surface area contributed by atoms with Crippen molar-refractivity contribution in [3.8, 4) is 23.0 Å². The second-order valence-electron chi connectivity index (χ2n) is 8.22. The average Bonchev–Trinajstić information content (AvgIpc) is 3.13. The molecule has 33 heavy (non-hydrogen) atoms. The van der Waals surface area contributed by atoms with Crippen molar-refractivity contribution >= 4 is 17.6 Å². The molecule has 0 fully saturated rings. The Kier molecular flexibility index (Phi) is 6.22. The Labute approximate surface area is 192 Å². The first-order valence-electron chi connectivity index (χ1n) is 10.5. The van der Waals surface area contributed by atoms with Crippen molar-refractivity contribution in [2.24, 2.45) is 0 Å².